The molecule has 6 heteroatoms. The fourth-order valence-electron chi connectivity index (χ4n) is 1.36. The Labute approximate surface area is 104 Å². The lowest BCUT2D eigenvalue weighted by Gasteiger charge is -2.09. The summed E-state index contributed by atoms with van der Waals surface area (Å²) in [6, 6.07) is 3.88. The molecule has 0 saturated carbocycles. The molecule has 2 aromatic heterocycles. The van der Waals surface area contributed by atoms with Gasteiger partial charge in [0.15, 0.2) is 0 Å². The first-order valence-corrected chi connectivity index (χ1v) is 5.92. The number of rotatable bonds is 3. The van der Waals surface area contributed by atoms with Crippen molar-refractivity contribution in [2.75, 3.05) is 5.43 Å². The first-order chi connectivity index (χ1) is 8.20. The monoisotopic (exact) mass is 247 g/mol. The van der Waals surface area contributed by atoms with Crippen LogP contribution in [0.2, 0.25) is 0 Å². The Kier molecular flexibility index (Phi) is 3.55. The summed E-state index contributed by atoms with van der Waals surface area (Å²) in [7, 11) is 0. The Morgan fingerprint density at radius 1 is 1.18 bits per heavy atom. The molecule has 3 N–H and O–H groups in total. The zero-order valence-electron chi connectivity index (χ0n) is 9.64. The third kappa shape index (κ3) is 2.72. The van der Waals surface area contributed by atoms with Gasteiger partial charge in [-0.25, -0.2) is 15.8 Å². The number of nitrogen functional groups attached to an aromatic ring is 1. The van der Waals surface area contributed by atoms with E-state index < -0.39 is 0 Å². The van der Waals surface area contributed by atoms with Crippen molar-refractivity contribution >= 4 is 17.6 Å². The summed E-state index contributed by atoms with van der Waals surface area (Å²) in [4.78, 5) is 13.7. The predicted octanol–water partition coefficient (Wildman–Crippen LogP) is 1.93. The zero-order chi connectivity index (χ0) is 12.3. The third-order valence-electron chi connectivity index (χ3n) is 2.21. The van der Waals surface area contributed by atoms with Crippen molar-refractivity contribution in [2.24, 2.45) is 5.84 Å². The van der Waals surface area contributed by atoms with Crippen LogP contribution in [0.5, 0.6) is 0 Å². The maximum Gasteiger partial charge on any atom is 0.147 e. The molecule has 0 unspecified atom stereocenters. The van der Waals surface area contributed by atoms with Crippen LogP contribution in [0.1, 0.15) is 11.4 Å². The van der Waals surface area contributed by atoms with E-state index in [-0.39, 0.29) is 0 Å². The summed E-state index contributed by atoms with van der Waals surface area (Å²) in [5.74, 6) is 6.78. The van der Waals surface area contributed by atoms with E-state index >= 15 is 0 Å². The first kappa shape index (κ1) is 11.8. The van der Waals surface area contributed by atoms with Crippen LogP contribution in [0.25, 0.3) is 0 Å². The van der Waals surface area contributed by atoms with E-state index in [9.17, 15) is 0 Å². The third-order valence-corrected chi connectivity index (χ3v) is 3.31. The van der Waals surface area contributed by atoms with E-state index in [0.717, 1.165) is 15.5 Å². The van der Waals surface area contributed by atoms with Crippen molar-refractivity contribution in [3.63, 3.8) is 0 Å². The standard InChI is InChI=1S/C11H13N5S/c1-7-10(16-12)14-8(2)15-11(7)17-9-3-5-13-6-4-9/h3-6H,12H2,1-2H3,(H,14,15,16). The van der Waals surface area contributed by atoms with Crippen molar-refractivity contribution in [2.45, 2.75) is 23.8 Å². The number of hydrogen-bond donors (Lipinski definition) is 2. The molecular weight excluding hydrogens is 234 g/mol. The quantitative estimate of drug-likeness (QED) is 0.490. The number of hydrazine groups is 1. The van der Waals surface area contributed by atoms with Gasteiger partial charge in [0.25, 0.3) is 0 Å². The van der Waals surface area contributed by atoms with Crippen molar-refractivity contribution in [3.8, 4) is 0 Å². The molecule has 0 saturated heterocycles. The average molecular weight is 247 g/mol. The van der Waals surface area contributed by atoms with Gasteiger partial charge in [-0.15, -0.1) is 0 Å². The Hall–Kier alpha value is -1.66. The second-order valence-electron chi connectivity index (χ2n) is 3.48. The molecule has 0 atom stereocenters. The second kappa shape index (κ2) is 5.11. The molecule has 88 valence electrons. The lowest BCUT2D eigenvalue weighted by molar-refractivity contribution is 0.935. The molecule has 2 rings (SSSR count). The van der Waals surface area contributed by atoms with Crippen LogP contribution in [-0.4, -0.2) is 15.0 Å². The minimum Gasteiger partial charge on any atom is -0.308 e. The van der Waals surface area contributed by atoms with E-state index in [1.165, 1.54) is 0 Å². The first-order valence-electron chi connectivity index (χ1n) is 5.10. The highest BCUT2D eigenvalue weighted by molar-refractivity contribution is 7.99. The summed E-state index contributed by atoms with van der Waals surface area (Å²) in [5, 5.41) is 0.900. The van der Waals surface area contributed by atoms with Crippen LogP contribution in [0, 0.1) is 13.8 Å². The van der Waals surface area contributed by atoms with Crippen LogP contribution in [-0.2, 0) is 0 Å². The Bertz CT molecular complexity index is 515. The van der Waals surface area contributed by atoms with Crippen LogP contribution in [0.3, 0.4) is 0 Å². The molecule has 0 bridgehead atoms. The summed E-state index contributed by atoms with van der Waals surface area (Å²) in [5.41, 5.74) is 3.53. The summed E-state index contributed by atoms with van der Waals surface area (Å²) in [6.45, 7) is 3.79. The van der Waals surface area contributed by atoms with Crippen molar-refractivity contribution in [1.82, 2.24) is 15.0 Å². The summed E-state index contributed by atoms with van der Waals surface area (Å²) >= 11 is 1.57. The van der Waals surface area contributed by atoms with Gasteiger partial charge in [-0.3, -0.25) is 4.98 Å². The SMILES string of the molecule is Cc1nc(NN)c(C)c(Sc2ccncc2)n1. The fourth-order valence-corrected chi connectivity index (χ4v) is 2.27. The number of nitrogens with one attached hydrogen (secondary N) is 1. The molecular formula is C11H13N5S. The van der Waals surface area contributed by atoms with Gasteiger partial charge in [0.05, 0.1) is 0 Å². The highest BCUT2D eigenvalue weighted by atomic mass is 32.2. The van der Waals surface area contributed by atoms with E-state index in [1.807, 2.05) is 26.0 Å². The number of nitrogens with zero attached hydrogens (tertiary/aromatic N) is 3. The van der Waals surface area contributed by atoms with Crippen LogP contribution in [0.4, 0.5) is 5.82 Å². The molecule has 0 aliphatic carbocycles. The molecule has 0 amide bonds. The van der Waals surface area contributed by atoms with Crippen LogP contribution >= 0.6 is 11.8 Å². The molecule has 0 radical (unpaired) electrons. The lowest BCUT2D eigenvalue weighted by Crippen LogP contribution is -2.12. The normalized spacial score (nSPS) is 10.3. The molecule has 0 fully saturated rings. The van der Waals surface area contributed by atoms with Gasteiger partial charge in [-0.2, -0.15) is 0 Å². The fraction of sp³-hybridized carbons (Fsp3) is 0.182. The average Bonchev–Trinajstić information content (AvgIpc) is 2.34. The second-order valence-corrected chi connectivity index (χ2v) is 4.54. The van der Waals surface area contributed by atoms with E-state index in [4.69, 9.17) is 5.84 Å². The van der Waals surface area contributed by atoms with E-state index in [0.29, 0.717) is 11.6 Å². The van der Waals surface area contributed by atoms with Crippen molar-refractivity contribution in [1.29, 1.82) is 0 Å². The van der Waals surface area contributed by atoms with Gasteiger partial charge in [0.1, 0.15) is 16.7 Å². The highest BCUT2D eigenvalue weighted by Crippen LogP contribution is 2.30. The minimum absolute atomic E-state index is 0.661. The predicted molar refractivity (Wildman–Crippen MR) is 67.7 cm³/mol. The largest absolute Gasteiger partial charge is 0.308 e. The zero-order valence-corrected chi connectivity index (χ0v) is 10.5. The van der Waals surface area contributed by atoms with E-state index in [2.05, 4.69) is 20.4 Å². The Morgan fingerprint density at radius 3 is 2.53 bits per heavy atom. The Morgan fingerprint density at radius 2 is 1.88 bits per heavy atom. The maximum atomic E-state index is 5.42. The van der Waals surface area contributed by atoms with Gasteiger partial charge in [-0.05, 0) is 26.0 Å². The molecule has 0 aromatic carbocycles. The maximum absolute atomic E-state index is 5.42. The number of nitrogens with two attached hydrogens (primary N) is 1. The highest BCUT2D eigenvalue weighted by Gasteiger charge is 2.09. The lowest BCUT2D eigenvalue weighted by atomic mass is 10.3. The summed E-state index contributed by atoms with van der Waals surface area (Å²) in [6.07, 6.45) is 3.52. The minimum atomic E-state index is 0.661. The molecule has 0 aliphatic rings. The molecule has 17 heavy (non-hydrogen) atoms. The van der Waals surface area contributed by atoms with Gasteiger partial charge in [0.2, 0.25) is 0 Å². The van der Waals surface area contributed by atoms with Crippen LogP contribution in [0.15, 0.2) is 34.4 Å². The van der Waals surface area contributed by atoms with Gasteiger partial charge in [-0.1, -0.05) is 11.8 Å². The smallest absolute Gasteiger partial charge is 0.147 e. The molecule has 2 aromatic rings. The van der Waals surface area contributed by atoms with E-state index in [1.54, 1.807) is 24.2 Å². The number of aryl methyl sites for hydroxylation is 1. The number of pyridine rings is 1. The summed E-state index contributed by atoms with van der Waals surface area (Å²) < 4.78 is 0. The number of aromatic nitrogens is 3. The molecule has 5 nitrogen and oxygen atoms in total. The molecule has 2 heterocycles. The number of anilines is 1. The number of hydrogen-bond acceptors (Lipinski definition) is 6. The van der Waals surface area contributed by atoms with Crippen molar-refractivity contribution in [3.05, 3.63) is 35.9 Å². The van der Waals surface area contributed by atoms with Gasteiger partial charge < -0.3 is 5.43 Å². The molecule has 0 aliphatic heterocycles. The van der Waals surface area contributed by atoms with Gasteiger partial charge >= 0.3 is 0 Å². The Balaban J connectivity index is 2.36. The topological polar surface area (TPSA) is 76.7 Å². The van der Waals surface area contributed by atoms with Gasteiger partial charge in [0, 0.05) is 22.9 Å². The van der Waals surface area contributed by atoms with Crippen LogP contribution < -0.4 is 11.3 Å². The van der Waals surface area contributed by atoms with Crippen molar-refractivity contribution < 1.29 is 0 Å². The molecule has 0 spiro atoms.